The molecule has 1 N–H and O–H groups in total. The summed E-state index contributed by atoms with van der Waals surface area (Å²) in [6.07, 6.45) is 1.68. The third kappa shape index (κ3) is 3.19. The van der Waals surface area contributed by atoms with Crippen molar-refractivity contribution in [3.63, 3.8) is 0 Å². The fraction of sp³-hybridized carbons (Fsp3) is 0.125. The van der Waals surface area contributed by atoms with E-state index < -0.39 is 5.97 Å². The average Bonchev–Trinajstić information content (AvgIpc) is 3.21. The van der Waals surface area contributed by atoms with Crippen LogP contribution in [0.15, 0.2) is 35.8 Å². The Morgan fingerprint density at radius 1 is 1.21 bits per heavy atom. The van der Waals surface area contributed by atoms with Crippen LogP contribution in [0.25, 0.3) is 10.7 Å². The molecule has 0 fully saturated rings. The molecule has 0 unspecified atom stereocenters. The van der Waals surface area contributed by atoms with E-state index >= 15 is 0 Å². The zero-order valence-corrected chi connectivity index (χ0v) is 14.5. The van der Waals surface area contributed by atoms with Gasteiger partial charge in [-0.3, -0.25) is 9.78 Å². The Hall–Kier alpha value is -2.58. The van der Waals surface area contributed by atoms with Crippen molar-refractivity contribution in [3.8, 4) is 10.7 Å². The number of nitrogens with zero attached hydrogens (tertiary/aromatic N) is 2. The smallest absolute Gasteiger partial charge is 0.350 e. The van der Waals surface area contributed by atoms with Crippen molar-refractivity contribution in [2.45, 2.75) is 6.92 Å². The molecule has 0 aliphatic rings. The first-order chi connectivity index (χ1) is 11.6. The largest absolute Gasteiger partial charge is 0.465 e. The van der Waals surface area contributed by atoms with Gasteiger partial charge in [0.05, 0.1) is 24.2 Å². The highest BCUT2D eigenvalue weighted by Gasteiger charge is 2.20. The zero-order chi connectivity index (χ0) is 17.1. The number of methoxy groups -OCH3 is 1. The fourth-order valence-electron chi connectivity index (χ4n) is 2.04. The van der Waals surface area contributed by atoms with Gasteiger partial charge in [0, 0.05) is 6.20 Å². The van der Waals surface area contributed by atoms with Crippen LogP contribution >= 0.6 is 22.7 Å². The summed E-state index contributed by atoms with van der Waals surface area (Å²) in [6, 6.07) is 7.20. The number of esters is 1. The van der Waals surface area contributed by atoms with Gasteiger partial charge < -0.3 is 10.1 Å². The van der Waals surface area contributed by atoms with Crippen molar-refractivity contribution >= 4 is 40.2 Å². The molecule has 1 amide bonds. The number of rotatable bonds is 4. The summed E-state index contributed by atoms with van der Waals surface area (Å²) < 4.78 is 4.71. The summed E-state index contributed by atoms with van der Waals surface area (Å²) in [6.45, 7) is 1.77. The molecule has 3 aromatic rings. The van der Waals surface area contributed by atoms with E-state index in [2.05, 4.69) is 15.3 Å². The van der Waals surface area contributed by atoms with Gasteiger partial charge in [-0.2, -0.15) is 0 Å². The topological polar surface area (TPSA) is 81.2 Å². The van der Waals surface area contributed by atoms with Gasteiger partial charge in [-0.15, -0.1) is 22.7 Å². The Balaban J connectivity index is 1.85. The lowest BCUT2D eigenvalue weighted by atomic mass is 10.3. The van der Waals surface area contributed by atoms with Gasteiger partial charge in [-0.25, -0.2) is 9.78 Å². The normalized spacial score (nSPS) is 10.4. The number of thiophene rings is 1. The Morgan fingerprint density at radius 2 is 2.04 bits per heavy atom. The highest BCUT2D eigenvalue weighted by Crippen LogP contribution is 2.29. The second-order valence-corrected chi connectivity index (χ2v) is 6.67. The summed E-state index contributed by atoms with van der Waals surface area (Å²) in [5, 5.41) is 5.15. The second kappa shape index (κ2) is 6.90. The van der Waals surface area contributed by atoms with Crippen LogP contribution < -0.4 is 5.32 Å². The van der Waals surface area contributed by atoms with E-state index in [-0.39, 0.29) is 5.91 Å². The molecule has 0 atom stereocenters. The Kier molecular flexibility index (Phi) is 4.68. The molecule has 0 spiro atoms. The summed E-state index contributed by atoms with van der Waals surface area (Å²) in [4.78, 5) is 33.7. The predicted molar refractivity (Wildman–Crippen MR) is 93.7 cm³/mol. The number of ether oxygens (including phenoxy) is 1. The molecule has 3 aromatic heterocycles. The minimum Gasteiger partial charge on any atom is -0.465 e. The van der Waals surface area contributed by atoms with E-state index in [4.69, 9.17) is 4.74 Å². The zero-order valence-electron chi connectivity index (χ0n) is 12.9. The van der Waals surface area contributed by atoms with Crippen molar-refractivity contribution in [2.24, 2.45) is 0 Å². The average molecular weight is 359 g/mol. The molecule has 0 aliphatic carbocycles. The molecule has 0 aliphatic heterocycles. The maximum atomic E-state index is 12.5. The number of nitrogens with one attached hydrogen (secondary N) is 1. The minimum absolute atomic E-state index is 0.310. The molecule has 122 valence electrons. The van der Waals surface area contributed by atoms with Crippen molar-refractivity contribution in [3.05, 3.63) is 51.3 Å². The van der Waals surface area contributed by atoms with E-state index in [0.29, 0.717) is 26.1 Å². The molecule has 0 saturated carbocycles. The number of aromatic nitrogens is 2. The number of hydrogen-bond donors (Lipinski definition) is 1. The van der Waals surface area contributed by atoms with E-state index in [1.165, 1.54) is 29.8 Å². The Morgan fingerprint density at radius 3 is 2.75 bits per heavy atom. The molecule has 8 heteroatoms. The van der Waals surface area contributed by atoms with Crippen molar-refractivity contribution in [2.75, 3.05) is 12.4 Å². The summed E-state index contributed by atoms with van der Waals surface area (Å²) in [5.41, 5.74) is 1.77. The first-order valence-electron chi connectivity index (χ1n) is 6.96. The van der Waals surface area contributed by atoms with Crippen LogP contribution in [0.2, 0.25) is 0 Å². The third-order valence-electron chi connectivity index (χ3n) is 3.17. The van der Waals surface area contributed by atoms with Crippen molar-refractivity contribution < 1.29 is 14.3 Å². The summed E-state index contributed by atoms with van der Waals surface area (Å²) >= 11 is 2.48. The fourth-order valence-corrected chi connectivity index (χ4v) is 3.75. The van der Waals surface area contributed by atoms with E-state index in [9.17, 15) is 9.59 Å². The number of anilines is 1. The second-order valence-electron chi connectivity index (χ2n) is 4.76. The molecule has 24 heavy (non-hydrogen) atoms. The molecular weight excluding hydrogens is 346 g/mol. The summed E-state index contributed by atoms with van der Waals surface area (Å²) in [5.74, 6) is -0.786. The molecular formula is C16H13N3O3S2. The SMILES string of the molecule is COC(=O)c1sccc1NC(=O)c1sc(-c2ccccn2)nc1C. The molecule has 6 nitrogen and oxygen atoms in total. The van der Waals surface area contributed by atoms with Crippen LogP contribution in [-0.4, -0.2) is 29.0 Å². The molecule has 0 aromatic carbocycles. The van der Waals surface area contributed by atoms with E-state index in [1.54, 1.807) is 24.6 Å². The lowest BCUT2D eigenvalue weighted by Gasteiger charge is -2.04. The van der Waals surface area contributed by atoms with Crippen LogP contribution in [0.3, 0.4) is 0 Å². The predicted octanol–water partition coefficient (Wildman–Crippen LogP) is 3.61. The van der Waals surface area contributed by atoms with Gasteiger partial charge in [-0.1, -0.05) is 6.07 Å². The first-order valence-corrected chi connectivity index (χ1v) is 8.65. The number of carbonyl (C=O) groups excluding carboxylic acids is 2. The maximum absolute atomic E-state index is 12.5. The maximum Gasteiger partial charge on any atom is 0.350 e. The number of thiazole rings is 1. The van der Waals surface area contributed by atoms with Gasteiger partial charge in [0.2, 0.25) is 0 Å². The number of hydrogen-bond acceptors (Lipinski definition) is 7. The van der Waals surface area contributed by atoms with Crippen LogP contribution in [0, 0.1) is 6.92 Å². The van der Waals surface area contributed by atoms with Gasteiger partial charge in [0.25, 0.3) is 5.91 Å². The lowest BCUT2D eigenvalue weighted by Crippen LogP contribution is -2.13. The Bertz CT molecular complexity index is 887. The van der Waals surface area contributed by atoms with Crippen molar-refractivity contribution in [1.29, 1.82) is 0 Å². The molecule has 0 bridgehead atoms. The van der Waals surface area contributed by atoms with Crippen LogP contribution in [0.1, 0.15) is 25.0 Å². The van der Waals surface area contributed by atoms with Gasteiger partial charge in [0.15, 0.2) is 0 Å². The molecule has 3 heterocycles. The number of carbonyl (C=O) groups is 2. The van der Waals surface area contributed by atoms with Crippen LogP contribution in [0.4, 0.5) is 5.69 Å². The third-order valence-corrected chi connectivity index (χ3v) is 5.24. The highest BCUT2D eigenvalue weighted by molar-refractivity contribution is 7.17. The first kappa shape index (κ1) is 16.3. The monoisotopic (exact) mass is 359 g/mol. The quantitative estimate of drug-likeness (QED) is 0.720. The van der Waals surface area contributed by atoms with Crippen molar-refractivity contribution in [1.82, 2.24) is 9.97 Å². The van der Waals surface area contributed by atoms with E-state index in [0.717, 1.165) is 5.69 Å². The minimum atomic E-state index is -0.476. The van der Waals surface area contributed by atoms with Gasteiger partial charge >= 0.3 is 5.97 Å². The standard InChI is InChI=1S/C16H13N3O3S2/c1-9-12(24-15(18-9)11-5-3-4-7-17-11)14(20)19-10-6-8-23-13(10)16(21)22-2/h3-8H,1-2H3,(H,19,20). The number of pyridine rings is 1. The Labute approximate surface area is 146 Å². The number of amides is 1. The number of aryl methyl sites for hydroxylation is 1. The van der Waals surface area contributed by atoms with Gasteiger partial charge in [-0.05, 0) is 30.5 Å². The van der Waals surface area contributed by atoms with Crippen LogP contribution in [-0.2, 0) is 4.74 Å². The summed E-state index contributed by atoms with van der Waals surface area (Å²) in [7, 11) is 1.31. The van der Waals surface area contributed by atoms with E-state index in [1.807, 2.05) is 18.2 Å². The highest BCUT2D eigenvalue weighted by atomic mass is 32.1. The molecule has 0 radical (unpaired) electrons. The lowest BCUT2D eigenvalue weighted by molar-refractivity contribution is 0.0607. The molecule has 0 saturated heterocycles. The molecule has 3 rings (SSSR count). The van der Waals surface area contributed by atoms with Gasteiger partial charge in [0.1, 0.15) is 14.8 Å². The van der Waals surface area contributed by atoms with Crippen LogP contribution in [0.5, 0.6) is 0 Å².